The number of carbonyl (C=O) groups excluding carboxylic acids is 2. The number of nitrogens with one attached hydrogen (secondary N) is 1. The molecule has 0 saturated heterocycles. The number of pyridine rings is 1. The molecule has 0 saturated carbocycles. The Morgan fingerprint density at radius 3 is 2.77 bits per heavy atom. The van der Waals surface area contributed by atoms with Gasteiger partial charge in [0, 0.05) is 10.3 Å². The van der Waals surface area contributed by atoms with Gasteiger partial charge in [-0.3, -0.25) is 4.79 Å². The van der Waals surface area contributed by atoms with E-state index in [0.717, 1.165) is 58.5 Å². The molecule has 0 aliphatic heterocycles. The molecule has 1 aliphatic rings. The lowest BCUT2D eigenvalue weighted by molar-refractivity contribution is -0.113. The number of ether oxygens (including phenoxy) is 2. The third-order valence-electron chi connectivity index (χ3n) is 5.32. The van der Waals surface area contributed by atoms with E-state index in [1.165, 1.54) is 35.1 Å². The van der Waals surface area contributed by atoms with Gasteiger partial charge in [-0.2, -0.15) is 0 Å². The van der Waals surface area contributed by atoms with Gasteiger partial charge in [0.15, 0.2) is 0 Å². The molecular weight excluding hydrogens is 432 g/mol. The summed E-state index contributed by atoms with van der Waals surface area (Å²) in [5.74, 6) is 0.446. The van der Waals surface area contributed by atoms with Crippen LogP contribution in [0.4, 0.5) is 5.00 Å². The SMILES string of the molecule is COC(=O)c1c(NC(=O)CSc2nc3ccc(OC)cc3cc2C)sc2c1CCCC2. The first-order chi connectivity index (χ1) is 15.0. The molecule has 0 fully saturated rings. The van der Waals surface area contributed by atoms with Crippen LogP contribution in [0.2, 0.25) is 0 Å². The number of anilines is 1. The molecule has 2 aromatic heterocycles. The molecule has 0 unspecified atom stereocenters. The van der Waals surface area contributed by atoms with Crippen molar-refractivity contribution in [3.8, 4) is 5.75 Å². The summed E-state index contributed by atoms with van der Waals surface area (Å²) in [7, 11) is 3.01. The van der Waals surface area contributed by atoms with E-state index in [4.69, 9.17) is 14.5 Å². The van der Waals surface area contributed by atoms with E-state index in [1.807, 2.05) is 31.2 Å². The zero-order valence-electron chi connectivity index (χ0n) is 17.7. The molecule has 8 heteroatoms. The van der Waals surface area contributed by atoms with Gasteiger partial charge < -0.3 is 14.8 Å². The lowest BCUT2D eigenvalue weighted by Gasteiger charge is -2.12. The second-order valence-electron chi connectivity index (χ2n) is 7.41. The molecule has 0 atom stereocenters. The zero-order valence-corrected chi connectivity index (χ0v) is 19.4. The summed E-state index contributed by atoms with van der Waals surface area (Å²) < 4.78 is 10.3. The number of thiophene rings is 1. The van der Waals surface area contributed by atoms with E-state index in [0.29, 0.717) is 10.6 Å². The number of aromatic nitrogens is 1. The van der Waals surface area contributed by atoms with Gasteiger partial charge in [-0.25, -0.2) is 9.78 Å². The van der Waals surface area contributed by atoms with Crippen molar-refractivity contribution in [1.82, 2.24) is 4.98 Å². The minimum Gasteiger partial charge on any atom is -0.497 e. The van der Waals surface area contributed by atoms with E-state index in [2.05, 4.69) is 5.32 Å². The average Bonchev–Trinajstić information content (AvgIpc) is 3.14. The number of aryl methyl sites for hydroxylation is 2. The van der Waals surface area contributed by atoms with Gasteiger partial charge in [-0.1, -0.05) is 11.8 Å². The third-order valence-corrected chi connectivity index (χ3v) is 7.62. The Hall–Kier alpha value is -2.58. The highest BCUT2D eigenvalue weighted by Gasteiger charge is 2.27. The highest BCUT2D eigenvalue weighted by atomic mass is 32.2. The van der Waals surface area contributed by atoms with Crippen molar-refractivity contribution in [3.05, 3.63) is 45.8 Å². The number of amides is 1. The van der Waals surface area contributed by atoms with E-state index in [1.54, 1.807) is 7.11 Å². The smallest absolute Gasteiger partial charge is 0.341 e. The van der Waals surface area contributed by atoms with Gasteiger partial charge in [-0.05, 0) is 68.0 Å². The van der Waals surface area contributed by atoms with Crippen LogP contribution in [0.25, 0.3) is 10.9 Å². The highest BCUT2D eigenvalue weighted by molar-refractivity contribution is 8.00. The number of carbonyl (C=O) groups is 2. The van der Waals surface area contributed by atoms with Gasteiger partial charge in [0.25, 0.3) is 0 Å². The number of hydrogen-bond donors (Lipinski definition) is 1. The summed E-state index contributed by atoms with van der Waals surface area (Å²) in [4.78, 5) is 30.9. The first kappa shape index (κ1) is 21.6. The quantitative estimate of drug-likeness (QED) is 0.415. The number of rotatable bonds is 6. The average molecular weight is 457 g/mol. The predicted molar refractivity (Wildman–Crippen MR) is 125 cm³/mol. The van der Waals surface area contributed by atoms with Crippen LogP contribution < -0.4 is 10.1 Å². The standard InChI is InChI=1S/C23H24N2O4S2/c1-13-10-14-11-15(28-2)8-9-17(14)24-21(13)30-12-19(26)25-22-20(23(27)29-3)16-6-4-5-7-18(16)31-22/h8-11H,4-7,12H2,1-3H3,(H,25,26). The van der Waals surface area contributed by atoms with E-state index >= 15 is 0 Å². The Labute approximate surface area is 189 Å². The highest BCUT2D eigenvalue weighted by Crippen LogP contribution is 2.38. The molecule has 4 rings (SSSR count). The molecule has 1 aliphatic carbocycles. The number of thioether (sulfide) groups is 1. The normalized spacial score (nSPS) is 13.0. The Balaban J connectivity index is 1.49. The van der Waals surface area contributed by atoms with Gasteiger partial charge >= 0.3 is 5.97 Å². The van der Waals surface area contributed by atoms with Crippen molar-refractivity contribution in [3.63, 3.8) is 0 Å². The second kappa shape index (κ2) is 9.28. The Kier molecular flexibility index (Phi) is 6.48. The monoisotopic (exact) mass is 456 g/mol. The fourth-order valence-electron chi connectivity index (χ4n) is 3.78. The summed E-state index contributed by atoms with van der Waals surface area (Å²) in [6.45, 7) is 1.98. The van der Waals surface area contributed by atoms with Crippen molar-refractivity contribution >= 4 is 50.9 Å². The van der Waals surface area contributed by atoms with Crippen molar-refractivity contribution in [2.75, 3.05) is 25.3 Å². The van der Waals surface area contributed by atoms with Crippen molar-refractivity contribution in [2.24, 2.45) is 0 Å². The van der Waals surface area contributed by atoms with Gasteiger partial charge in [-0.15, -0.1) is 11.3 Å². The maximum absolute atomic E-state index is 12.7. The molecular formula is C23H24N2O4S2. The van der Waals surface area contributed by atoms with E-state index in [9.17, 15) is 9.59 Å². The molecule has 1 aromatic carbocycles. The molecule has 0 bridgehead atoms. The van der Waals surface area contributed by atoms with Gasteiger partial charge in [0.2, 0.25) is 5.91 Å². The van der Waals surface area contributed by atoms with Crippen molar-refractivity contribution in [2.45, 2.75) is 37.6 Å². The number of fused-ring (bicyclic) bond motifs is 2. The zero-order chi connectivity index (χ0) is 22.0. The van der Waals surface area contributed by atoms with Gasteiger partial charge in [0.1, 0.15) is 15.8 Å². The Morgan fingerprint density at radius 2 is 2.00 bits per heavy atom. The van der Waals surface area contributed by atoms with E-state index < -0.39 is 0 Å². The van der Waals surface area contributed by atoms with Crippen LogP contribution in [0, 0.1) is 6.92 Å². The van der Waals surface area contributed by atoms with Crippen LogP contribution in [0.15, 0.2) is 29.3 Å². The Bertz CT molecular complexity index is 1160. The van der Waals surface area contributed by atoms with Crippen LogP contribution in [0.1, 0.15) is 39.2 Å². The van der Waals surface area contributed by atoms with Crippen molar-refractivity contribution < 1.29 is 19.1 Å². The van der Waals surface area contributed by atoms with Crippen LogP contribution in [-0.4, -0.2) is 36.8 Å². The van der Waals surface area contributed by atoms with Crippen LogP contribution >= 0.6 is 23.1 Å². The first-order valence-corrected chi connectivity index (χ1v) is 11.9. The van der Waals surface area contributed by atoms with Crippen LogP contribution in [-0.2, 0) is 22.4 Å². The maximum Gasteiger partial charge on any atom is 0.341 e. The fourth-order valence-corrected chi connectivity index (χ4v) is 5.87. The first-order valence-electron chi connectivity index (χ1n) is 10.1. The summed E-state index contributed by atoms with van der Waals surface area (Å²) in [5.41, 5.74) is 3.41. The molecule has 3 aromatic rings. The van der Waals surface area contributed by atoms with Gasteiger partial charge in [0.05, 0.1) is 31.1 Å². The summed E-state index contributed by atoms with van der Waals surface area (Å²) in [5, 5.41) is 5.34. The molecule has 0 spiro atoms. The number of methoxy groups -OCH3 is 2. The minimum absolute atomic E-state index is 0.162. The maximum atomic E-state index is 12.7. The molecule has 2 heterocycles. The number of nitrogens with zero attached hydrogens (tertiary/aromatic N) is 1. The summed E-state index contributed by atoms with van der Waals surface area (Å²) >= 11 is 2.88. The number of hydrogen-bond acceptors (Lipinski definition) is 7. The molecule has 0 radical (unpaired) electrons. The fraction of sp³-hybridized carbons (Fsp3) is 0.348. The number of esters is 1. The third kappa shape index (κ3) is 4.55. The topological polar surface area (TPSA) is 77.5 Å². The van der Waals surface area contributed by atoms with Crippen molar-refractivity contribution in [1.29, 1.82) is 0 Å². The molecule has 1 amide bonds. The van der Waals surface area contributed by atoms with Crippen LogP contribution in [0.3, 0.4) is 0 Å². The molecule has 6 nitrogen and oxygen atoms in total. The predicted octanol–water partition coefficient (Wildman–Crippen LogP) is 5.01. The Morgan fingerprint density at radius 1 is 1.19 bits per heavy atom. The lowest BCUT2D eigenvalue weighted by atomic mass is 9.95. The molecule has 1 N–H and O–H groups in total. The number of benzene rings is 1. The molecule has 162 valence electrons. The lowest BCUT2D eigenvalue weighted by Crippen LogP contribution is -2.16. The summed E-state index contributed by atoms with van der Waals surface area (Å²) in [6, 6.07) is 7.78. The summed E-state index contributed by atoms with van der Waals surface area (Å²) in [6.07, 6.45) is 3.96. The largest absolute Gasteiger partial charge is 0.497 e. The minimum atomic E-state index is -0.384. The molecule has 31 heavy (non-hydrogen) atoms. The van der Waals surface area contributed by atoms with Crippen LogP contribution in [0.5, 0.6) is 5.75 Å². The second-order valence-corrected chi connectivity index (χ2v) is 9.48. The van der Waals surface area contributed by atoms with E-state index in [-0.39, 0.29) is 17.6 Å².